The number of hydrogen-bond donors (Lipinski definition) is 2. The third-order valence-electron chi connectivity index (χ3n) is 5.12. The highest BCUT2D eigenvalue weighted by molar-refractivity contribution is 5.87. The molecule has 0 fully saturated rings. The maximum absolute atomic E-state index is 12.8. The second-order valence-corrected chi connectivity index (χ2v) is 9.16. The fourth-order valence-electron chi connectivity index (χ4n) is 3.49. The maximum Gasteiger partial charge on any atom is 0.410 e. The van der Waals surface area contributed by atoms with Crippen molar-refractivity contribution in [3.63, 3.8) is 0 Å². The molecule has 170 valence electrons. The number of carbonyl (C=O) groups is 1. The van der Waals surface area contributed by atoms with Gasteiger partial charge < -0.3 is 20.1 Å². The molecule has 0 aliphatic carbocycles. The van der Waals surface area contributed by atoms with Crippen LogP contribution in [0.1, 0.15) is 38.8 Å². The van der Waals surface area contributed by atoms with Gasteiger partial charge in [0.15, 0.2) is 0 Å². The van der Waals surface area contributed by atoms with E-state index in [0.717, 1.165) is 22.8 Å². The number of rotatable bonds is 8. The zero-order valence-electron chi connectivity index (χ0n) is 19.3. The standard InChI is InChI=1S/C26H33N3O3/c1-19(28-15-21-10-11-22-16-27-17-24(30)23(22)14-21)18-29(25(31)32-26(2,3)4)13-12-20-8-6-5-7-9-20/h5-11,14,16-17,19,28,30H,12-13,15,18H2,1-4H3/t19-/m1/s1. The molecule has 6 heteroatoms. The van der Waals surface area contributed by atoms with Crippen LogP contribution in [-0.4, -0.2) is 45.8 Å². The first-order valence-corrected chi connectivity index (χ1v) is 11.0. The van der Waals surface area contributed by atoms with E-state index in [0.29, 0.717) is 19.6 Å². The van der Waals surface area contributed by atoms with Gasteiger partial charge in [-0.2, -0.15) is 0 Å². The van der Waals surface area contributed by atoms with Gasteiger partial charge in [-0.25, -0.2) is 4.79 Å². The molecule has 0 spiro atoms. The van der Waals surface area contributed by atoms with Crippen molar-refractivity contribution >= 4 is 16.9 Å². The number of aromatic nitrogens is 1. The van der Waals surface area contributed by atoms with Crippen molar-refractivity contribution in [2.24, 2.45) is 0 Å². The molecule has 1 atom stereocenters. The number of fused-ring (bicyclic) bond motifs is 1. The van der Waals surface area contributed by atoms with Crippen LogP contribution in [0.25, 0.3) is 10.8 Å². The Balaban J connectivity index is 1.62. The van der Waals surface area contributed by atoms with Crippen LogP contribution in [0.15, 0.2) is 60.9 Å². The van der Waals surface area contributed by atoms with Gasteiger partial charge in [-0.1, -0.05) is 42.5 Å². The van der Waals surface area contributed by atoms with Crippen LogP contribution >= 0.6 is 0 Å². The van der Waals surface area contributed by atoms with Crippen LogP contribution in [0, 0.1) is 0 Å². The molecule has 6 nitrogen and oxygen atoms in total. The van der Waals surface area contributed by atoms with Gasteiger partial charge >= 0.3 is 6.09 Å². The Morgan fingerprint density at radius 1 is 1.12 bits per heavy atom. The number of aromatic hydroxyl groups is 1. The summed E-state index contributed by atoms with van der Waals surface area (Å²) in [6.07, 6.45) is 3.66. The number of nitrogens with zero attached hydrogens (tertiary/aromatic N) is 2. The van der Waals surface area contributed by atoms with Gasteiger partial charge in [0.05, 0.1) is 6.20 Å². The lowest BCUT2D eigenvalue weighted by Gasteiger charge is -2.29. The zero-order chi connectivity index (χ0) is 23.1. The summed E-state index contributed by atoms with van der Waals surface area (Å²) in [4.78, 5) is 18.6. The largest absolute Gasteiger partial charge is 0.506 e. The predicted octanol–water partition coefficient (Wildman–Crippen LogP) is 4.90. The summed E-state index contributed by atoms with van der Waals surface area (Å²) in [6, 6.07) is 16.1. The second kappa shape index (κ2) is 10.5. The van der Waals surface area contributed by atoms with Crippen LogP contribution in [0.4, 0.5) is 4.79 Å². The minimum atomic E-state index is -0.541. The Hall–Kier alpha value is -3.12. The van der Waals surface area contributed by atoms with Crippen molar-refractivity contribution in [3.8, 4) is 5.75 Å². The van der Waals surface area contributed by atoms with Crippen LogP contribution in [-0.2, 0) is 17.7 Å². The molecular formula is C26H33N3O3. The molecule has 32 heavy (non-hydrogen) atoms. The van der Waals surface area contributed by atoms with Crippen molar-refractivity contribution in [2.45, 2.75) is 52.3 Å². The van der Waals surface area contributed by atoms with Gasteiger partial charge in [0.1, 0.15) is 11.4 Å². The Kier molecular flexibility index (Phi) is 7.70. The van der Waals surface area contributed by atoms with Crippen molar-refractivity contribution < 1.29 is 14.6 Å². The van der Waals surface area contributed by atoms with Crippen molar-refractivity contribution in [1.82, 2.24) is 15.2 Å². The van der Waals surface area contributed by atoms with Crippen molar-refractivity contribution in [2.75, 3.05) is 13.1 Å². The Labute approximate surface area is 190 Å². The minimum Gasteiger partial charge on any atom is -0.506 e. The predicted molar refractivity (Wildman–Crippen MR) is 128 cm³/mol. The first-order valence-electron chi connectivity index (χ1n) is 11.0. The van der Waals surface area contributed by atoms with E-state index in [4.69, 9.17) is 4.74 Å². The fourth-order valence-corrected chi connectivity index (χ4v) is 3.49. The molecule has 0 radical (unpaired) electrons. The van der Waals surface area contributed by atoms with Gasteiger partial charge in [0, 0.05) is 42.6 Å². The summed E-state index contributed by atoms with van der Waals surface area (Å²) in [5, 5.41) is 15.2. The molecule has 1 aromatic heterocycles. The smallest absolute Gasteiger partial charge is 0.410 e. The van der Waals surface area contributed by atoms with Crippen molar-refractivity contribution in [3.05, 3.63) is 72.1 Å². The topological polar surface area (TPSA) is 74.7 Å². The molecular weight excluding hydrogens is 402 g/mol. The van der Waals surface area contributed by atoms with Gasteiger partial charge in [-0.15, -0.1) is 0 Å². The van der Waals surface area contributed by atoms with Crippen LogP contribution in [0.2, 0.25) is 0 Å². The molecule has 3 rings (SSSR count). The SMILES string of the molecule is C[C@H](CN(CCc1ccccc1)C(=O)OC(C)(C)C)NCc1ccc2cncc(O)c2c1. The third kappa shape index (κ3) is 6.95. The lowest BCUT2D eigenvalue weighted by atomic mass is 10.1. The lowest BCUT2D eigenvalue weighted by molar-refractivity contribution is 0.0237. The molecule has 1 heterocycles. The molecule has 0 aliphatic rings. The average Bonchev–Trinajstić information content (AvgIpc) is 2.75. The van der Waals surface area contributed by atoms with Crippen molar-refractivity contribution in [1.29, 1.82) is 0 Å². The number of carbonyl (C=O) groups excluding carboxylic acids is 1. The maximum atomic E-state index is 12.8. The quantitative estimate of drug-likeness (QED) is 0.526. The van der Waals surface area contributed by atoms with Gasteiger partial charge in [-0.3, -0.25) is 4.98 Å². The first-order chi connectivity index (χ1) is 15.2. The van der Waals surface area contributed by atoms with E-state index in [2.05, 4.69) is 29.4 Å². The summed E-state index contributed by atoms with van der Waals surface area (Å²) in [7, 11) is 0. The molecule has 0 unspecified atom stereocenters. The molecule has 0 saturated carbocycles. The Morgan fingerprint density at radius 2 is 1.88 bits per heavy atom. The van der Waals surface area contributed by atoms with E-state index >= 15 is 0 Å². The Bertz CT molecular complexity index is 1030. The highest BCUT2D eigenvalue weighted by Gasteiger charge is 2.23. The summed E-state index contributed by atoms with van der Waals surface area (Å²) < 4.78 is 5.64. The highest BCUT2D eigenvalue weighted by atomic mass is 16.6. The molecule has 2 aromatic carbocycles. The normalized spacial score (nSPS) is 12.5. The molecule has 0 saturated heterocycles. The van der Waals surface area contributed by atoms with E-state index in [1.165, 1.54) is 11.8 Å². The summed E-state index contributed by atoms with van der Waals surface area (Å²) >= 11 is 0. The molecule has 0 bridgehead atoms. The minimum absolute atomic E-state index is 0.0556. The monoisotopic (exact) mass is 435 g/mol. The molecule has 3 aromatic rings. The average molecular weight is 436 g/mol. The molecule has 1 amide bonds. The number of benzene rings is 2. The zero-order valence-corrected chi connectivity index (χ0v) is 19.3. The van der Waals surface area contributed by atoms with Gasteiger partial charge in [-0.05, 0) is 51.3 Å². The van der Waals surface area contributed by atoms with Crippen LogP contribution < -0.4 is 5.32 Å². The number of hydrogen-bond acceptors (Lipinski definition) is 5. The fraction of sp³-hybridized carbons (Fsp3) is 0.385. The van der Waals surface area contributed by atoms with E-state index in [9.17, 15) is 9.90 Å². The van der Waals surface area contributed by atoms with Gasteiger partial charge in [0.2, 0.25) is 0 Å². The van der Waals surface area contributed by atoms with E-state index in [-0.39, 0.29) is 17.9 Å². The van der Waals surface area contributed by atoms with E-state index in [1.54, 1.807) is 11.1 Å². The lowest BCUT2D eigenvalue weighted by Crippen LogP contribution is -2.45. The summed E-state index contributed by atoms with van der Waals surface area (Å²) in [5.74, 6) is 0.175. The first kappa shape index (κ1) is 23.5. The summed E-state index contributed by atoms with van der Waals surface area (Å²) in [5.41, 5.74) is 1.70. The second-order valence-electron chi connectivity index (χ2n) is 9.16. The Morgan fingerprint density at radius 3 is 2.59 bits per heavy atom. The number of amides is 1. The van der Waals surface area contributed by atoms with E-state index in [1.807, 2.05) is 57.2 Å². The molecule has 0 aliphatic heterocycles. The highest BCUT2D eigenvalue weighted by Crippen LogP contribution is 2.24. The summed E-state index contributed by atoms with van der Waals surface area (Å²) in [6.45, 7) is 9.44. The number of pyridine rings is 1. The number of ether oxygens (including phenoxy) is 1. The van der Waals surface area contributed by atoms with Gasteiger partial charge in [0.25, 0.3) is 0 Å². The van der Waals surface area contributed by atoms with Crippen LogP contribution in [0.3, 0.4) is 0 Å². The van der Waals surface area contributed by atoms with Crippen LogP contribution in [0.5, 0.6) is 5.75 Å². The third-order valence-corrected chi connectivity index (χ3v) is 5.12. The van der Waals surface area contributed by atoms with E-state index < -0.39 is 5.60 Å². The number of nitrogens with one attached hydrogen (secondary N) is 1. The molecule has 2 N–H and O–H groups in total.